The Kier molecular flexibility index (Phi) is 3.19. The van der Waals surface area contributed by atoms with E-state index >= 15 is 0 Å². The number of aromatic nitrogens is 1. The van der Waals surface area contributed by atoms with Crippen LogP contribution in [0.1, 0.15) is 29.6 Å². The normalized spacial score (nSPS) is 27.9. The molecule has 1 atom stereocenters. The molecular weight excluding hydrogens is 264 g/mol. The second-order valence-electron chi connectivity index (χ2n) is 6.22. The van der Waals surface area contributed by atoms with E-state index in [-0.39, 0.29) is 5.97 Å². The first-order valence-corrected chi connectivity index (χ1v) is 7.78. The summed E-state index contributed by atoms with van der Waals surface area (Å²) in [5.41, 5.74) is 1.62. The predicted molar refractivity (Wildman–Crippen MR) is 81.3 cm³/mol. The Hall–Kier alpha value is -1.81. The highest BCUT2D eigenvalue weighted by atomic mass is 16.5. The average molecular weight is 284 g/mol. The number of piperidine rings is 3. The van der Waals surface area contributed by atoms with Crippen molar-refractivity contribution < 1.29 is 9.53 Å². The second-order valence-corrected chi connectivity index (χ2v) is 6.22. The number of hydrogen-bond donors (Lipinski definition) is 1. The Balaban J connectivity index is 1.44. The number of esters is 1. The van der Waals surface area contributed by atoms with Gasteiger partial charge in [-0.05, 0) is 44.3 Å². The number of carbonyl (C=O) groups excluding carboxylic acids is 1. The van der Waals surface area contributed by atoms with Gasteiger partial charge in [-0.15, -0.1) is 0 Å². The Morgan fingerprint density at radius 3 is 2.86 bits per heavy atom. The highest BCUT2D eigenvalue weighted by Crippen LogP contribution is 2.32. The summed E-state index contributed by atoms with van der Waals surface area (Å²) in [5.74, 6) is 0.627. The number of H-pyrrole nitrogens is 1. The fourth-order valence-electron chi connectivity index (χ4n) is 3.75. The zero-order chi connectivity index (χ0) is 14.2. The average Bonchev–Trinajstić information content (AvgIpc) is 2.98. The van der Waals surface area contributed by atoms with Gasteiger partial charge in [0.2, 0.25) is 0 Å². The molecule has 5 rings (SSSR count). The van der Waals surface area contributed by atoms with Crippen molar-refractivity contribution in [3.8, 4) is 0 Å². The fraction of sp³-hybridized carbons (Fsp3) is 0.471. The highest BCUT2D eigenvalue weighted by molar-refractivity contribution is 6.03. The first kappa shape index (κ1) is 12.9. The SMILES string of the molecule is O=C(OCC1CC2CCN1CC2)c1c[nH]c2ccccc12. The second kappa shape index (κ2) is 5.19. The van der Waals surface area contributed by atoms with Crippen LogP contribution in [0.15, 0.2) is 30.5 Å². The molecule has 3 aliphatic heterocycles. The molecule has 0 saturated carbocycles. The summed E-state index contributed by atoms with van der Waals surface area (Å²) in [4.78, 5) is 17.9. The van der Waals surface area contributed by atoms with Crippen LogP contribution in [0.25, 0.3) is 10.9 Å². The first-order chi connectivity index (χ1) is 10.3. The van der Waals surface area contributed by atoms with Gasteiger partial charge in [-0.2, -0.15) is 0 Å². The Labute approximate surface area is 124 Å². The lowest BCUT2D eigenvalue weighted by Gasteiger charge is -2.45. The van der Waals surface area contributed by atoms with Crippen molar-refractivity contribution >= 4 is 16.9 Å². The smallest absolute Gasteiger partial charge is 0.340 e. The van der Waals surface area contributed by atoms with Crippen molar-refractivity contribution in [3.05, 3.63) is 36.0 Å². The molecule has 110 valence electrons. The molecule has 4 heteroatoms. The molecular formula is C17H20N2O2. The summed E-state index contributed by atoms with van der Waals surface area (Å²) in [7, 11) is 0. The van der Waals surface area contributed by atoms with Crippen molar-refractivity contribution in [1.29, 1.82) is 0 Å². The minimum atomic E-state index is -0.213. The number of nitrogens with zero attached hydrogens (tertiary/aromatic N) is 1. The van der Waals surface area contributed by atoms with E-state index in [1.165, 1.54) is 32.4 Å². The molecule has 1 aromatic heterocycles. The lowest BCUT2D eigenvalue weighted by Crippen LogP contribution is -2.50. The Morgan fingerprint density at radius 1 is 1.29 bits per heavy atom. The predicted octanol–water partition coefficient (Wildman–Crippen LogP) is 2.81. The van der Waals surface area contributed by atoms with E-state index in [4.69, 9.17) is 4.74 Å². The molecule has 3 fully saturated rings. The molecule has 2 bridgehead atoms. The third-order valence-electron chi connectivity index (χ3n) is 4.99. The number of para-hydroxylation sites is 1. The van der Waals surface area contributed by atoms with Gasteiger partial charge in [0.15, 0.2) is 0 Å². The third kappa shape index (κ3) is 2.33. The molecule has 1 unspecified atom stereocenters. The van der Waals surface area contributed by atoms with Gasteiger partial charge < -0.3 is 9.72 Å². The number of aromatic amines is 1. The van der Waals surface area contributed by atoms with Crippen LogP contribution in [0.4, 0.5) is 0 Å². The van der Waals surface area contributed by atoms with Gasteiger partial charge in [0.1, 0.15) is 6.61 Å². The van der Waals surface area contributed by atoms with Crippen molar-refractivity contribution in [2.75, 3.05) is 19.7 Å². The van der Waals surface area contributed by atoms with E-state index in [9.17, 15) is 4.79 Å². The zero-order valence-electron chi connectivity index (χ0n) is 12.0. The summed E-state index contributed by atoms with van der Waals surface area (Å²) in [5, 5.41) is 0.938. The summed E-state index contributed by atoms with van der Waals surface area (Å²) >= 11 is 0. The minimum absolute atomic E-state index is 0.213. The maximum atomic E-state index is 12.3. The van der Waals surface area contributed by atoms with Crippen LogP contribution < -0.4 is 0 Å². The zero-order valence-corrected chi connectivity index (χ0v) is 12.0. The molecule has 0 amide bonds. The van der Waals surface area contributed by atoms with Gasteiger partial charge in [0.25, 0.3) is 0 Å². The standard InChI is InChI=1S/C17H20N2O2/c20-17(15-10-18-16-4-2-1-3-14(15)16)21-11-13-9-12-5-7-19(13)8-6-12/h1-4,10,12-13,18H,5-9,11H2. The molecule has 0 spiro atoms. The maximum Gasteiger partial charge on any atom is 0.340 e. The summed E-state index contributed by atoms with van der Waals surface area (Å²) in [6.45, 7) is 2.86. The summed E-state index contributed by atoms with van der Waals surface area (Å²) in [6.07, 6.45) is 5.56. The van der Waals surface area contributed by atoms with Gasteiger partial charge >= 0.3 is 5.97 Å². The summed E-state index contributed by atoms with van der Waals surface area (Å²) in [6, 6.07) is 8.25. The van der Waals surface area contributed by atoms with E-state index in [1.54, 1.807) is 6.20 Å². The molecule has 21 heavy (non-hydrogen) atoms. The van der Waals surface area contributed by atoms with E-state index < -0.39 is 0 Å². The van der Waals surface area contributed by atoms with Crippen LogP contribution in [0.2, 0.25) is 0 Å². The molecule has 1 N–H and O–H groups in total. The molecule has 4 nitrogen and oxygen atoms in total. The minimum Gasteiger partial charge on any atom is -0.460 e. The first-order valence-electron chi connectivity index (χ1n) is 7.78. The number of nitrogens with one attached hydrogen (secondary N) is 1. The molecule has 3 aliphatic rings. The van der Waals surface area contributed by atoms with Crippen LogP contribution in [-0.2, 0) is 4.74 Å². The van der Waals surface area contributed by atoms with Crippen LogP contribution in [0.5, 0.6) is 0 Å². The topological polar surface area (TPSA) is 45.3 Å². The van der Waals surface area contributed by atoms with E-state index in [1.807, 2.05) is 24.3 Å². The van der Waals surface area contributed by atoms with E-state index in [0.29, 0.717) is 18.2 Å². The van der Waals surface area contributed by atoms with E-state index in [0.717, 1.165) is 16.8 Å². The van der Waals surface area contributed by atoms with Crippen LogP contribution >= 0.6 is 0 Å². The Bertz CT molecular complexity index is 656. The maximum absolute atomic E-state index is 12.3. The number of benzene rings is 1. The number of hydrogen-bond acceptors (Lipinski definition) is 3. The quantitative estimate of drug-likeness (QED) is 0.882. The molecule has 0 aliphatic carbocycles. The van der Waals surface area contributed by atoms with Gasteiger partial charge in [0.05, 0.1) is 5.56 Å². The molecule has 4 heterocycles. The van der Waals surface area contributed by atoms with Gasteiger partial charge in [-0.3, -0.25) is 4.90 Å². The van der Waals surface area contributed by atoms with Crippen molar-refractivity contribution in [3.63, 3.8) is 0 Å². The molecule has 0 radical (unpaired) electrons. The summed E-state index contributed by atoms with van der Waals surface area (Å²) < 4.78 is 5.59. The highest BCUT2D eigenvalue weighted by Gasteiger charge is 2.34. The van der Waals surface area contributed by atoms with Crippen LogP contribution in [0.3, 0.4) is 0 Å². The number of rotatable bonds is 3. The number of fused-ring (bicyclic) bond motifs is 4. The lowest BCUT2D eigenvalue weighted by molar-refractivity contribution is -0.00202. The monoisotopic (exact) mass is 284 g/mol. The van der Waals surface area contributed by atoms with Crippen molar-refractivity contribution in [2.24, 2.45) is 5.92 Å². The molecule has 3 saturated heterocycles. The molecule has 1 aromatic carbocycles. The van der Waals surface area contributed by atoms with Crippen molar-refractivity contribution in [2.45, 2.75) is 25.3 Å². The van der Waals surface area contributed by atoms with E-state index in [2.05, 4.69) is 9.88 Å². The van der Waals surface area contributed by atoms with Gasteiger partial charge in [-0.1, -0.05) is 18.2 Å². The lowest BCUT2D eigenvalue weighted by atomic mass is 9.83. The number of ether oxygens (including phenoxy) is 1. The Morgan fingerprint density at radius 2 is 2.10 bits per heavy atom. The molecule has 2 aromatic rings. The fourth-order valence-corrected chi connectivity index (χ4v) is 3.75. The largest absolute Gasteiger partial charge is 0.460 e. The van der Waals surface area contributed by atoms with Crippen LogP contribution in [0, 0.1) is 5.92 Å². The van der Waals surface area contributed by atoms with Crippen LogP contribution in [-0.4, -0.2) is 41.6 Å². The third-order valence-corrected chi connectivity index (χ3v) is 4.99. The van der Waals surface area contributed by atoms with Crippen molar-refractivity contribution in [1.82, 2.24) is 9.88 Å². The number of carbonyl (C=O) groups is 1. The van der Waals surface area contributed by atoms with Gasteiger partial charge in [0, 0.05) is 23.1 Å². The van der Waals surface area contributed by atoms with Gasteiger partial charge in [-0.25, -0.2) is 4.79 Å².